The maximum absolute atomic E-state index is 12.5. The van der Waals surface area contributed by atoms with Crippen molar-refractivity contribution in [3.8, 4) is 5.75 Å². The highest BCUT2D eigenvalue weighted by atomic mass is 19.3. The molecule has 0 unspecified atom stereocenters. The summed E-state index contributed by atoms with van der Waals surface area (Å²) < 4.78 is 12.5. The van der Waals surface area contributed by atoms with Gasteiger partial charge in [0.05, 0.1) is 0 Å². The van der Waals surface area contributed by atoms with Gasteiger partial charge in [-0.05, 0) is 36.5 Å². The van der Waals surface area contributed by atoms with Crippen molar-refractivity contribution < 1.29 is 9.47 Å². The number of benzene rings is 1. The number of aromatic amines is 1. The zero-order valence-corrected chi connectivity index (χ0v) is 12.3. The molecule has 1 aromatic carbocycles. The molecule has 0 saturated heterocycles. The van der Waals surface area contributed by atoms with Crippen molar-refractivity contribution >= 4 is 10.9 Å². The van der Waals surface area contributed by atoms with Gasteiger partial charge in [-0.25, -0.2) is 0 Å². The van der Waals surface area contributed by atoms with Crippen LogP contribution in [-0.4, -0.2) is 4.98 Å². The molecule has 0 aliphatic carbocycles. The zero-order valence-electron chi connectivity index (χ0n) is 12.3. The molecule has 0 aliphatic heterocycles. The molecule has 0 fully saturated rings. The summed E-state index contributed by atoms with van der Waals surface area (Å²) in [5.41, 5.74) is 2.07. The summed E-state index contributed by atoms with van der Waals surface area (Å²) in [5.74, 6) is 0.755. The predicted molar refractivity (Wildman–Crippen MR) is 86.1 cm³/mol. The normalized spacial score (nSPS) is 9.90. The Labute approximate surface area is 122 Å². The summed E-state index contributed by atoms with van der Waals surface area (Å²) in [6.07, 6.45) is 5.30. The molecule has 1 N–H and O–H groups in total. The summed E-state index contributed by atoms with van der Waals surface area (Å²) in [5, 5.41) is 0.874. The molecule has 2 aromatic rings. The lowest BCUT2D eigenvalue weighted by molar-refractivity contribution is -0.00429. The highest BCUT2D eigenvalue weighted by Crippen LogP contribution is 2.35. The van der Waals surface area contributed by atoms with E-state index in [4.69, 9.17) is 0 Å². The van der Waals surface area contributed by atoms with Gasteiger partial charge in [0.1, 0.15) is 0 Å². The molecule has 114 valence electrons. The molecule has 2 rings (SSSR count). The van der Waals surface area contributed by atoms with Crippen LogP contribution >= 0.6 is 0 Å². The lowest BCUT2D eigenvalue weighted by Crippen LogP contribution is -1.94. The van der Waals surface area contributed by atoms with E-state index in [1.165, 1.54) is 6.42 Å². The Morgan fingerprint density at radius 3 is 2.25 bits per heavy atom. The van der Waals surface area contributed by atoms with Crippen molar-refractivity contribution in [3.05, 3.63) is 30.0 Å². The maximum Gasteiger partial charge on any atom is 0.181 e. The molecule has 0 aliphatic rings. The zero-order chi connectivity index (χ0) is 14.3. The van der Waals surface area contributed by atoms with Crippen LogP contribution in [0.2, 0.25) is 0 Å². The number of halogens is 1. The van der Waals surface area contributed by atoms with E-state index in [-0.39, 0.29) is 7.43 Å². The van der Waals surface area contributed by atoms with Crippen LogP contribution in [0.15, 0.2) is 24.4 Å². The number of hydrogen-bond donors (Lipinski definition) is 1. The van der Waals surface area contributed by atoms with Crippen LogP contribution in [-0.2, 0) is 0 Å². The first-order valence-electron chi connectivity index (χ1n) is 7.11. The van der Waals surface area contributed by atoms with E-state index in [0.717, 1.165) is 29.3 Å². The van der Waals surface area contributed by atoms with Crippen LogP contribution < -0.4 is 4.94 Å². The first-order valence-corrected chi connectivity index (χ1v) is 7.11. The molecule has 0 saturated carbocycles. The second kappa shape index (κ2) is 9.40. The van der Waals surface area contributed by atoms with Crippen molar-refractivity contribution in [2.45, 2.75) is 60.3 Å². The van der Waals surface area contributed by atoms with E-state index in [1.54, 1.807) is 12.1 Å². The Balaban J connectivity index is 0.000000830. The summed E-state index contributed by atoms with van der Waals surface area (Å²) in [7, 11) is 0. The average Bonchev–Trinajstić information content (AvgIpc) is 2.85. The molecule has 2 nitrogen and oxygen atoms in total. The molecule has 0 atom stereocenters. The van der Waals surface area contributed by atoms with Gasteiger partial charge in [-0.15, -0.1) is 0 Å². The summed E-state index contributed by atoms with van der Waals surface area (Å²) in [6, 6.07) is 5.37. The van der Waals surface area contributed by atoms with E-state index >= 15 is 0 Å². The standard InChI is InChI=1S/C13H16FNO.C3H8.CH4/c1-3-9(4-2)10-8-15-11-6-5-7-12(16-14)13(10)11;1-3-2;/h5-9,15H,3-4H2,1-2H3;3H2,1-2H3;1H4. The van der Waals surface area contributed by atoms with Gasteiger partial charge >= 0.3 is 0 Å². The second-order valence-corrected chi connectivity index (χ2v) is 4.72. The lowest BCUT2D eigenvalue weighted by Gasteiger charge is -2.11. The Kier molecular flexibility index (Phi) is 8.69. The van der Waals surface area contributed by atoms with Crippen LogP contribution in [0.3, 0.4) is 0 Å². The monoisotopic (exact) mass is 281 g/mol. The first-order chi connectivity index (χ1) is 9.23. The Bertz CT molecular complexity index is 489. The fraction of sp³-hybridized carbons (Fsp3) is 0.529. The molecular formula is C17H28FNO. The van der Waals surface area contributed by atoms with Crippen LogP contribution in [0.25, 0.3) is 10.9 Å². The molecule has 0 radical (unpaired) electrons. The largest absolute Gasteiger partial charge is 0.361 e. The van der Waals surface area contributed by atoms with Crippen molar-refractivity contribution in [1.82, 2.24) is 4.98 Å². The Morgan fingerprint density at radius 1 is 1.15 bits per heavy atom. The summed E-state index contributed by atoms with van der Waals surface area (Å²) in [6.45, 7) is 8.54. The Hall–Kier alpha value is -1.51. The van der Waals surface area contributed by atoms with Gasteiger partial charge in [0, 0.05) is 21.6 Å². The van der Waals surface area contributed by atoms with E-state index in [2.05, 4.69) is 37.6 Å². The smallest absolute Gasteiger partial charge is 0.181 e. The van der Waals surface area contributed by atoms with E-state index in [9.17, 15) is 4.53 Å². The van der Waals surface area contributed by atoms with Crippen molar-refractivity contribution in [2.75, 3.05) is 0 Å². The molecule has 20 heavy (non-hydrogen) atoms. The molecule has 1 heterocycles. The van der Waals surface area contributed by atoms with E-state index in [0.29, 0.717) is 11.7 Å². The highest BCUT2D eigenvalue weighted by molar-refractivity contribution is 5.89. The topological polar surface area (TPSA) is 25.0 Å². The van der Waals surface area contributed by atoms with Crippen LogP contribution in [0.1, 0.15) is 65.9 Å². The predicted octanol–water partition coefficient (Wildman–Crippen LogP) is 6.39. The van der Waals surface area contributed by atoms with Gasteiger partial charge in [0.25, 0.3) is 0 Å². The minimum atomic E-state index is 0. The fourth-order valence-electron chi connectivity index (χ4n) is 2.29. The first kappa shape index (κ1) is 18.5. The second-order valence-electron chi connectivity index (χ2n) is 4.72. The van der Waals surface area contributed by atoms with Gasteiger partial charge < -0.3 is 4.98 Å². The van der Waals surface area contributed by atoms with Crippen molar-refractivity contribution in [1.29, 1.82) is 0 Å². The third kappa shape index (κ3) is 3.99. The molecule has 0 amide bonds. The Morgan fingerprint density at radius 2 is 1.75 bits per heavy atom. The summed E-state index contributed by atoms with van der Waals surface area (Å²) >= 11 is 0. The maximum atomic E-state index is 12.5. The minimum Gasteiger partial charge on any atom is -0.361 e. The average molecular weight is 281 g/mol. The molecule has 3 heteroatoms. The van der Waals surface area contributed by atoms with Gasteiger partial charge in [-0.3, -0.25) is 4.94 Å². The number of fused-ring (bicyclic) bond motifs is 1. The van der Waals surface area contributed by atoms with Gasteiger partial charge in [-0.2, -0.15) is 0 Å². The SMILES string of the molecule is C.CCC.CCC(CC)c1c[nH]c2cccc(OF)c12. The third-order valence-electron chi connectivity index (χ3n) is 3.21. The minimum absolute atomic E-state index is 0. The number of nitrogens with one attached hydrogen (secondary N) is 1. The number of H-pyrrole nitrogens is 1. The molecule has 0 spiro atoms. The van der Waals surface area contributed by atoms with Gasteiger partial charge in [0.2, 0.25) is 0 Å². The quantitative estimate of drug-likeness (QED) is 0.690. The fourth-order valence-corrected chi connectivity index (χ4v) is 2.29. The summed E-state index contributed by atoms with van der Waals surface area (Å²) in [4.78, 5) is 7.11. The van der Waals surface area contributed by atoms with E-state index < -0.39 is 0 Å². The van der Waals surface area contributed by atoms with Crippen LogP contribution in [0.4, 0.5) is 4.53 Å². The molecular weight excluding hydrogens is 253 g/mol. The van der Waals surface area contributed by atoms with Crippen molar-refractivity contribution in [2.24, 2.45) is 0 Å². The van der Waals surface area contributed by atoms with Crippen LogP contribution in [0.5, 0.6) is 5.75 Å². The molecule has 0 bridgehead atoms. The number of hydrogen-bond acceptors (Lipinski definition) is 1. The molecule has 1 aromatic heterocycles. The number of rotatable bonds is 4. The third-order valence-corrected chi connectivity index (χ3v) is 3.21. The number of aromatic nitrogens is 1. The lowest BCUT2D eigenvalue weighted by atomic mass is 9.93. The van der Waals surface area contributed by atoms with E-state index in [1.807, 2.05) is 12.3 Å². The highest BCUT2D eigenvalue weighted by Gasteiger charge is 2.16. The van der Waals surface area contributed by atoms with Crippen molar-refractivity contribution in [3.63, 3.8) is 0 Å². The van der Waals surface area contributed by atoms with Crippen LogP contribution in [0, 0.1) is 0 Å². The van der Waals surface area contributed by atoms with Gasteiger partial charge in [-0.1, -0.05) is 47.6 Å². The van der Waals surface area contributed by atoms with Gasteiger partial charge in [0.15, 0.2) is 5.75 Å².